The molecule has 36 heavy (non-hydrogen) atoms. The molecule has 2 radical (unpaired) electrons. The maximum absolute atomic E-state index is 14.1. The summed E-state index contributed by atoms with van der Waals surface area (Å²) in [5, 5.41) is 3.79. The van der Waals surface area contributed by atoms with Crippen LogP contribution in [0.5, 0.6) is 0 Å². The summed E-state index contributed by atoms with van der Waals surface area (Å²) < 4.78 is 98.1. The van der Waals surface area contributed by atoms with Crippen LogP contribution >= 0.6 is 7.82 Å². The molecule has 184 valence electrons. The summed E-state index contributed by atoms with van der Waals surface area (Å²) in [7, 11) is -5.17. The molecule has 0 aliphatic rings. The molecule has 0 atom stereocenters. The number of alkyl halides is 3. The first-order valence-electron chi connectivity index (χ1n) is 9.12. The van der Waals surface area contributed by atoms with E-state index in [-0.39, 0.29) is 59.1 Å². The second kappa shape index (κ2) is 13.1. The van der Waals surface area contributed by atoms with Crippen LogP contribution in [0.1, 0.15) is 21.5 Å². The van der Waals surface area contributed by atoms with Gasteiger partial charge in [0.05, 0.1) is 12.1 Å². The van der Waals surface area contributed by atoms with E-state index in [1.807, 2.05) is 0 Å². The molecule has 0 aliphatic heterocycles. The third kappa shape index (κ3) is 8.15. The molecule has 0 aliphatic carbocycles. The van der Waals surface area contributed by atoms with Crippen LogP contribution < -0.4 is 4.90 Å². The number of benzene rings is 2. The molecular formula is C19H14F6N3Na2O5P. The number of halogens is 6. The summed E-state index contributed by atoms with van der Waals surface area (Å²) >= 11 is 0. The van der Waals surface area contributed by atoms with E-state index in [2.05, 4.69) is 9.62 Å². The molecule has 8 nitrogen and oxygen atoms in total. The summed E-state index contributed by atoms with van der Waals surface area (Å²) in [6.07, 6.45) is -3.85. The number of phosphoric acid groups is 1. The number of aromatic nitrogens is 2. The van der Waals surface area contributed by atoms with Crippen molar-refractivity contribution < 1.29 is 50.0 Å². The molecule has 0 fully saturated rings. The largest absolute Gasteiger partial charge is 0.471 e. The van der Waals surface area contributed by atoms with Crippen LogP contribution in [0.25, 0.3) is 0 Å². The Bertz CT molecular complexity index is 1250. The Kier molecular flexibility index (Phi) is 11.9. The van der Waals surface area contributed by atoms with Gasteiger partial charge in [-0.2, -0.15) is 18.3 Å². The number of amides is 1. The van der Waals surface area contributed by atoms with E-state index < -0.39 is 73.1 Å². The van der Waals surface area contributed by atoms with Crippen LogP contribution in [0.4, 0.5) is 32.2 Å². The molecule has 0 saturated carbocycles. The van der Waals surface area contributed by atoms with Gasteiger partial charge in [-0.25, -0.2) is 17.7 Å². The topological polar surface area (TPSA) is 105 Å². The molecule has 1 aromatic heterocycles. The Labute approximate surface area is 244 Å². The average Bonchev–Trinajstić information content (AvgIpc) is 3.16. The minimum atomic E-state index is -5.17. The zero-order valence-corrected chi connectivity index (χ0v) is 23.6. The van der Waals surface area contributed by atoms with Gasteiger partial charge < -0.3 is 9.79 Å². The minimum Gasteiger partial charge on any atom is -0.303 e. The van der Waals surface area contributed by atoms with Crippen molar-refractivity contribution in [1.82, 2.24) is 9.78 Å². The Hall–Kier alpha value is -1.19. The summed E-state index contributed by atoms with van der Waals surface area (Å²) in [5.41, 5.74) is -3.13. The van der Waals surface area contributed by atoms with Crippen LogP contribution in [0.15, 0.2) is 48.7 Å². The van der Waals surface area contributed by atoms with Gasteiger partial charge in [-0.1, -0.05) is 12.1 Å². The fourth-order valence-electron chi connectivity index (χ4n) is 2.93. The number of carbonyl (C=O) groups excluding carboxylic acids is 1. The van der Waals surface area contributed by atoms with Crippen molar-refractivity contribution >= 4 is 78.7 Å². The average molecular weight is 555 g/mol. The summed E-state index contributed by atoms with van der Waals surface area (Å²) in [6.45, 7) is -1.97. The fourth-order valence-corrected chi connectivity index (χ4v) is 3.19. The maximum atomic E-state index is 14.1. The van der Waals surface area contributed by atoms with Crippen molar-refractivity contribution in [1.29, 1.82) is 0 Å². The molecule has 2 N–H and O–H groups in total. The van der Waals surface area contributed by atoms with E-state index in [4.69, 9.17) is 9.79 Å². The van der Waals surface area contributed by atoms with Crippen molar-refractivity contribution in [2.45, 2.75) is 12.7 Å². The Morgan fingerprint density at radius 2 is 1.56 bits per heavy atom. The monoisotopic (exact) mass is 555 g/mol. The van der Waals surface area contributed by atoms with Crippen LogP contribution in [0.3, 0.4) is 0 Å². The van der Waals surface area contributed by atoms with Gasteiger partial charge in [-0.15, -0.1) is 0 Å². The quantitative estimate of drug-likeness (QED) is 0.201. The molecule has 2 aromatic carbocycles. The number of anilines is 1. The van der Waals surface area contributed by atoms with Crippen molar-refractivity contribution in [2.24, 2.45) is 0 Å². The first-order valence-corrected chi connectivity index (χ1v) is 10.6. The molecule has 1 heterocycles. The number of rotatable bonds is 7. The van der Waals surface area contributed by atoms with Crippen LogP contribution in [-0.4, -0.2) is 91.3 Å². The Morgan fingerprint density at radius 1 is 1.00 bits per heavy atom. The Morgan fingerprint density at radius 3 is 2.11 bits per heavy atom. The van der Waals surface area contributed by atoms with Gasteiger partial charge in [0, 0.05) is 76.9 Å². The third-order valence-electron chi connectivity index (χ3n) is 4.42. The van der Waals surface area contributed by atoms with E-state index in [1.54, 1.807) is 0 Å². The van der Waals surface area contributed by atoms with E-state index in [0.29, 0.717) is 11.0 Å². The first-order chi connectivity index (χ1) is 15.8. The van der Waals surface area contributed by atoms with Gasteiger partial charge >= 0.3 is 14.0 Å². The molecule has 3 aromatic rings. The van der Waals surface area contributed by atoms with Gasteiger partial charge in [-0.3, -0.25) is 18.9 Å². The standard InChI is InChI=1S/C19H14F6N3O5P.2Na/c20-13-4-1-3-12(19(23,24)25)11(13)9-27-8-7-16(26-27)28(10-33-34(30,31)32)18(29)17-14(21)5-2-6-15(17)22;;/h1-8H,9-10H2,(H2,30,31,32);;. The molecule has 1 amide bonds. The van der Waals surface area contributed by atoms with E-state index >= 15 is 0 Å². The predicted octanol–water partition coefficient (Wildman–Crippen LogP) is 3.32. The van der Waals surface area contributed by atoms with Crippen molar-refractivity contribution in [2.75, 3.05) is 11.6 Å². The van der Waals surface area contributed by atoms with E-state index in [1.165, 1.54) is 0 Å². The molecule has 0 bridgehead atoms. The molecule has 17 heteroatoms. The molecule has 0 spiro atoms. The smallest absolute Gasteiger partial charge is 0.303 e. The summed E-state index contributed by atoms with van der Waals surface area (Å²) in [5.74, 6) is -5.72. The van der Waals surface area contributed by atoms with Crippen molar-refractivity contribution in [3.8, 4) is 0 Å². The SMILES string of the molecule is O=C(c1c(F)cccc1F)N(COP(=O)(O)O)c1ccn(Cc2c(F)cccc2C(F)(F)F)n1.[Na].[Na]. The number of nitrogens with zero attached hydrogens (tertiary/aromatic N) is 3. The second-order valence-electron chi connectivity index (χ2n) is 6.71. The van der Waals surface area contributed by atoms with Crippen LogP contribution in [0.2, 0.25) is 0 Å². The normalized spacial score (nSPS) is 11.4. The van der Waals surface area contributed by atoms with Crippen molar-refractivity contribution in [3.05, 3.63) is 82.8 Å². The van der Waals surface area contributed by atoms with Gasteiger partial charge in [-0.05, 0) is 24.3 Å². The van der Waals surface area contributed by atoms with Crippen LogP contribution in [0, 0.1) is 17.5 Å². The zero-order valence-electron chi connectivity index (χ0n) is 18.7. The summed E-state index contributed by atoms with van der Waals surface area (Å²) in [4.78, 5) is 31.0. The van der Waals surface area contributed by atoms with E-state index in [0.717, 1.165) is 47.3 Å². The predicted molar refractivity (Wildman–Crippen MR) is 115 cm³/mol. The Balaban J connectivity index is 0.00000324. The fraction of sp³-hybridized carbons (Fsp3) is 0.158. The van der Waals surface area contributed by atoms with E-state index in [9.17, 15) is 35.7 Å². The summed E-state index contributed by atoms with van der Waals surface area (Å²) in [6, 6.07) is 5.82. The molecule has 3 rings (SSSR count). The van der Waals surface area contributed by atoms with Gasteiger partial charge in [0.25, 0.3) is 5.91 Å². The second-order valence-corrected chi connectivity index (χ2v) is 7.95. The number of carbonyl (C=O) groups is 1. The maximum Gasteiger partial charge on any atom is 0.471 e. The molecular weight excluding hydrogens is 541 g/mol. The minimum absolute atomic E-state index is 0. The van der Waals surface area contributed by atoms with Gasteiger partial charge in [0.15, 0.2) is 5.82 Å². The molecule has 0 saturated heterocycles. The first kappa shape index (κ1) is 32.8. The van der Waals surface area contributed by atoms with Gasteiger partial charge in [0.2, 0.25) is 0 Å². The number of hydrogen-bond acceptors (Lipinski definition) is 4. The number of hydrogen-bond donors (Lipinski definition) is 2. The third-order valence-corrected chi connectivity index (χ3v) is 4.88. The van der Waals surface area contributed by atoms with Crippen molar-refractivity contribution in [3.63, 3.8) is 0 Å². The molecule has 0 unspecified atom stereocenters. The number of phosphoric ester groups is 1. The van der Waals surface area contributed by atoms with Crippen LogP contribution in [-0.2, 0) is 21.8 Å². The zero-order chi connectivity index (χ0) is 25.3. The van der Waals surface area contributed by atoms with Gasteiger partial charge in [0.1, 0.15) is 29.7 Å².